The molecule has 2 nitrogen and oxygen atoms in total. The number of ether oxygens (including phenoxy) is 1. The third kappa shape index (κ3) is 4.24. The maximum atomic E-state index is 5.28. The van der Waals surface area contributed by atoms with E-state index in [1.807, 2.05) is 0 Å². The van der Waals surface area contributed by atoms with E-state index in [1.165, 1.54) is 50.5 Å². The van der Waals surface area contributed by atoms with Crippen LogP contribution in [0, 0.1) is 5.92 Å². The summed E-state index contributed by atoms with van der Waals surface area (Å²) in [6, 6.07) is 9.16. The Hall–Kier alpha value is -1.02. The zero-order valence-corrected chi connectivity index (χ0v) is 13.0. The van der Waals surface area contributed by atoms with Gasteiger partial charge in [-0.25, -0.2) is 0 Å². The summed E-state index contributed by atoms with van der Waals surface area (Å²) in [5.74, 6) is 1.74. The first kappa shape index (κ1) is 15.4. The lowest BCUT2D eigenvalue weighted by atomic mass is 9.87. The van der Waals surface area contributed by atoms with Crippen molar-refractivity contribution in [1.82, 2.24) is 5.32 Å². The van der Waals surface area contributed by atoms with Crippen LogP contribution in [-0.4, -0.2) is 13.7 Å². The second-order valence-electron chi connectivity index (χ2n) is 5.96. The predicted molar refractivity (Wildman–Crippen MR) is 85.2 cm³/mol. The third-order valence-corrected chi connectivity index (χ3v) is 4.46. The summed E-state index contributed by atoms with van der Waals surface area (Å²) in [5.41, 5.74) is 1.42. The molecule has 2 rings (SSSR count). The number of methoxy groups -OCH3 is 1. The highest BCUT2D eigenvalue weighted by atomic mass is 16.5. The van der Waals surface area contributed by atoms with Gasteiger partial charge in [-0.1, -0.05) is 44.7 Å². The Labute approximate surface area is 123 Å². The summed E-state index contributed by atoms with van der Waals surface area (Å²) < 4.78 is 5.28. The van der Waals surface area contributed by atoms with Gasteiger partial charge in [0.2, 0.25) is 0 Å². The second-order valence-corrected chi connectivity index (χ2v) is 5.96. The maximum absolute atomic E-state index is 5.28. The Kier molecular flexibility index (Phi) is 6.38. The van der Waals surface area contributed by atoms with Crippen LogP contribution in [0.3, 0.4) is 0 Å². The zero-order chi connectivity index (χ0) is 14.2. The lowest BCUT2D eigenvalue weighted by Gasteiger charge is -2.28. The fourth-order valence-electron chi connectivity index (χ4n) is 3.31. The fourth-order valence-corrected chi connectivity index (χ4v) is 3.31. The SMILES string of the molecule is CCCNC(c1ccc(OC)cc1)C1CCCCCC1. The minimum absolute atomic E-state index is 0.513. The van der Waals surface area contributed by atoms with Gasteiger partial charge in [-0.3, -0.25) is 0 Å². The standard InChI is InChI=1S/C18H29NO/c1-3-14-19-18(15-8-6-4-5-7-9-15)16-10-12-17(20-2)13-11-16/h10-13,15,18-19H,3-9,14H2,1-2H3. The van der Waals surface area contributed by atoms with Crippen LogP contribution in [-0.2, 0) is 0 Å². The van der Waals surface area contributed by atoms with Gasteiger partial charge in [-0.05, 0) is 49.4 Å². The van der Waals surface area contributed by atoms with Gasteiger partial charge in [0.15, 0.2) is 0 Å². The number of hydrogen-bond donors (Lipinski definition) is 1. The van der Waals surface area contributed by atoms with E-state index in [-0.39, 0.29) is 0 Å². The highest BCUT2D eigenvalue weighted by molar-refractivity contribution is 5.29. The molecule has 0 spiro atoms. The maximum Gasteiger partial charge on any atom is 0.118 e. The van der Waals surface area contributed by atoms with Gasteiger partial charge in [0.05, 0.1) is 7.11 Å². The first-order valence-electron chi connectivity index (χ1n) is 8.22. The Balaban J connectivity index is 2.11. The Morgan fingerprint density at radius 3 is 2.30 bits per heavy atom. The molecule has 1 aliphatic carbocycles. The van der Waals surface area contributed by atoms with E-state index < -0.39 is 0 Å². The van der Waals surface area contributed by atoms with Gasteiger partial charge in [-0.2, -0.15) is 0 Å². The summed E-state index contributed by atoms with van der Waals surface area (Å²) in [7, 11) is 1.73. The van der Waals surface area contributed by atoms with Gasteiger partial charge in [0, 0.05) is 6.04 Å². The largest absolute Gasteiger partial charge is 0.497 e. The molecule has 2 heteroatoms. The normalized spacial score (nSPS) is 18.5. The third-order valence-electron chi connectivity index (χ3n) is 4.46. The lowest BCUT2D eigenvalue weighted by Crippen LogP contribution is -2.29. The molecule has 0 bridgehead atoms. The molecule has 0 saturated heterocycles. The molecule has 0 radical (unpaired) electrons. The summed E-state index contributed by atoms with van der Waals surface area (Å²) in [6.07, 6.45) is 9.55. The van der Waals surface area contributed by atoms with Gasteiger partial charge >= 0.3 is 0 Å². The predicted octanol–water partition coefficient (Wildman–Crippen LogP) is 4.71. The summed E-state index contributed by atoms with van der Waals surface area (Å²) in [4.78, 5) is 0. The van der Waals surface area contributed by atoms with Crippen molar-refractivity contribution < 1.29 is 4.74 Å². The first-order chi connectivity index (χ1) is 9.85. The molecule has 0 amide bonds. The van der Waals surface area contributed by atoms with E-state index in [2.05, 4.69) is 36.5 Å². The van der Waals surface area contributed by atoms with Crippen LogP contribution in [0.1, 0.15) is 63.5 Å². The molecule has 1 fully saturated rings. The van der Waals surface area contributed by atoms with Crippen molar-refractivity contribution >= 4 is 0 Å². The van der Waals surface area contributed by atoms with Crippen LogP contribution < -0.4 is 10.1 Å². The molecule has 1 saturated carbocycles. The van der Waals surface area contributed by atoms with E-state index in [4.69, 9.17) is 4.74 Å². The van der Waals surface area contributed by atoms with Gasteiger partial charge < -0.3 is 10.1 Å². The number of nitrogens with one attached hydrogen (secondary N) is 1. The molecule has 112 valence electrons. The van der Waals surface area contributed by atoms with Crippen LogP contribution >= 0.6 is 0 Å². The molecule has 1 unspecified atom stereocenters. The zero-order valence-electron chi connectivity index (χ0n) is 13.0. The molecular weight excluding hydrogens is 246 g/mol. The molecule has 0 heterocycles. The van der Waals surface area contributed by atoms with Crippen LogP contribution in [0.15, 0.2) is 24.3 Å². The quantitative estimate of drug-likeness (QED) is 0.759. The lowest BCUT2D eigenvalue weighted by molar-refractivity contribution is 0.325. The minimum Gasteiger partial charge on any atom is -0.497 e. The van der Waals surface area contributed by atoms with Gasteiger partial charge in [-0.15, -0.1) is 0 Å². The molecular formula is C18H29NO. The average molecular weight is 275 g/mol. The molecule has 1 atom stereocenters. The molecule has 20 heavy (non-hydrogen) atoms. The molecule has 1 aromatic rings. The molecule has 1 aliphatic rings. The molecule has 0 aliphatic heterocycles. The highest BCUT2D eigenvalue weighted by Crippen LogP contribution is 2.34. The number of hydrogen-bond acceptors (Lipinski definition) is 2. The van der Waals surface area contributed by atoms with E-state index in [9.17, 15) is 0 Å². The Morgan fingerprint density at radius 2 is 1.75 bits per heavy atom. The second kappa shape index (κ2) is 8.31. The van der Waals surface area contributed by atoms with Crippen LogP contribution in [0.4, 0.5) is 0 Å². The van der Waals surface area contributed by atoms with Crippen molar-refractivity contribution in [1.29, 1.82) is 0 Å². The molecule has 1 aromatic carbocycles. The fraction of sp³-hybridized carbons (Fsp3) is 0.667. The van der Waals surface area contributed by atoms with Crippen molar-refractivity contribution in [2.75, 3.05) is 13.7 Å². The Bertz CT molecular complexity index is 366. The topological polar surface area (TPSA) is 21.3 Å². The first-order valence-corrected chi connectivity index (χ1v) is 8.22. The monoisotopic (exact) mass is 275 g/mol. The smallest absolute Gasteiger partial charge is 0.118 e. The van der Waals surface area contributed by atoms with Crippen molar-refractivity contribution in [2.24, 2.45) is 5.92 Å². The van der Waals surface area contributed by atoms with Gasteiger partial charge in [0.1, 0.15) is 5.75 Å². The number of rotatable bonds is 6. The molecule has 0 aromatic heterocycles. The van der Waals surface area contributed by atoms with Crippen LogP contribution in [0.25, 0.3) is 0 Å². The van der Waals surface area contributed by atoms with E-state index >= 15 is 0 Å². The van der Waals surface area contributed by atoms with E-state index in [1.54, 1.807) is 7.11 Å². The van der Waals surface area contributed by atoms with Gasteiger partial charge in [0.25, 0.3) is 0 Å². The van der Waals surface area contributed by atoms with Crippen molar-refractivity contribution in [3.63, 3.8) is 0 Å². The highest BCUT2D eigenvalue weighted by Gasteiger charge is 2.23. The average Bonchev–Trinajstić information content (AvgIpc) is 2.77. The summed E-state index contributed by atoms with van der Waals surface area (Å²) in [5, 5.41) is 3.78. The van der Waals surface area contributed by atoms with Crippen molar-refractivity contribution in [3.8, 4) is 5.75 Å². The van der Waals surface area contributed by atoms with Crippen molar-refractivity contribution in [3.05, 3.63) is 29.8 Å². The van der Waals surface area contributed by atoms with E-state index in [0.29, 0.717) is 6.04 Å². The minimum atomic E-state index is 0.513. The molecule has 1 N–H and O–H groups in total. The Morgan fingerprint density at radius 1 is 1.10 bits per heavy atom. The van der Waals surface area contributed by atoms with E-state index in [0.717, 1.165) is 18.2 Å². The number of benzene rings is 1. The summed E-state index contributed by atoms with van der Waals surface area (Å²) >= 11 is 0. The van der Waals surface area contributed by atoms with Crippen molar-refractivity contribution in [2.45, 2.75) is 57.9 Å². The summed E-state index contributed by atoms with van der Waals surface area (Å²) in [6.45, 7) is 3.35. The van der Waals surface area contributed by atoms with Crippen LogP contribution in [0.2, 0.25) is 0 Å². The van der Waals surface area contributed by atoms with Crippen LogP contribution in [0.5, 0.6) is 5.75 Å².